The fourth-order valence-corrected chi connectivity index (χ4v) is 1.37. The fraction of sp³-hybridized carbons (Fsp3) is 0.636. The number of aliphatic hydroxyl groups excluding tert-OH is 1. The lowest BCUT2D eigenvalue weighted by atomic mass is 9.92. The second-order valence-electron chi connectivity index (χ2n) is 3.16. The van der Waals surface area contributed by atoms with Crippen LogP contribution >= 0.6 is 0 Å². The topological polar surface area (TPSA) is 20.2 Å². The molecule has 0 radical (unpaired) electrons. The van der Waals surface area contributed by atoms with Gasteiger partial charge in [0.25, 0.3) is 0 Å². The lowest BCUT2D eigenvalue weighted by Crippen LogP contribution is -2.19. The highest BCUT2D eigenvalue weighted by Crippen LogP contribution is 2.18. The molecule has 0 saturated carbocycles. The van der Waals surface area contributed by atoms with Crippen LogP contribution in [-0.2, 0) is 0 Å². The van der Waals surface area contributed by atoms with Gasteiger partial charge in [0, 0.05) is 0 Å². The first-order chi connectivity index (χ1) is 5.76. The molecular formula is C11H20O. The van der Waals surface area contributed by atoms with E-state index in [1.807, 2.05) is 12.2 Å². The molecule has 0 fully saturated rings. The lowest BCUT2D eigenvalue weighted by molar-refractivity contribution is 0.100. The van der Waals surface area contributed by atoms with Crippen LogP contribution < -0.4 is 0 Å². The molecule has 0 aromatic rings. The van der Waals surface area contributed by atoms with Crippen LogP contribution in [0.4, 0.5) is 0 Å². The molecule has 0 spiro atoms. The summed E-state index contributed by atoms with van der Waals surface area (Å²) in [6, 6.07) is 0. The SMILES string of the molecule is C=CCC(CC=C)C(O)CCC. The smallest absolute Gasteiger partial charge is 0.0574 e. The average Bonchev–Trinajstić information content (AvgIpc) is 2.04. The molecular weight excluding hydrogens is 148 g/mol. The van der Waals surface area contributed by atoms with E-state index in [4.69, 9.17) is 0 Å². The Morgan fingerprint density at radius 1 is 1.25 bits per heavy atom. The molecule has 0 saturated heterocycles. The third-order valence-electron chi connectivity index (χ3n) is 2.07. The molecule has 0 aliphatic heterocycles. The Morgan fingerprint density at radius 3 is 2.08 bits per heavy atom. The van der Waals surface area contributed by atoms with Gasteiger partial charge in [-0.15, -0.1) is 13.2 Å². The Hall–Kier alpha value is -0.560. The fourth-order valence-electron chi connectivity index (χ4n) is 1.37. The van der Waals surface area contributed by atoms with Gasteiger partial charge in [-0.3, -0.25) is 0 Å². The second kappa shape index (κ2) is 7.11. The van der Waals surface area contributed by atoms with Crippen LogP contribution in [0.15, 0.2) is 25.3 Å². The van der Waals surface area contributed by atoms with Crippen molar-refractivity contribution in [3.05, 3.63) is 25.3 Å². The number of aliphatic hydroxyl groups is 1. The quantitative estimate of drug-likeness (QED) is 0.579. The number of allylic oxidation sites excluding steroid dienone is 2. The van der Waals surface area contributed by atoms with E-state index < -0.39 is 0 Å². The van der Waals surface area contributed by atoms with Crippen molar-refractivity contribution >= 4 is 0 Å². The minimum Gasteiger partial charge on any atom is -0.393 e. The molecule has 70 valence electrons. The van der Waals surface area contributed by atoms with Crippen LogP contribution in [0.25, 0.3) is 0 Å². The van der Waals surface area contributed by atoms with Crippen LogP contribution in [-0.4, -0.2) is 11.2 Å². The lowest BCUT2D eigenvalue weighted by Gasteiger charge is -2.19. The Balaban J connectivity index is 3.88. The molecule has 0 amide bonds. The van der Waals surface area contributed by atoms with Gasteiger partial charge in [-0.05, 0) is 25.2 Å². The molecule has 1 unspecified atom stereocenters. The number of rotatable bonds is 7. The highest BCUT2D eigenvalue weighted by atomic mass is 16.3. The van der Waals surface area contributed by atoms with Crippen LogP contribution in [0.1, 0.15) is 32.6 Å². The van der Waals surface area contributed by atoms with Crippen molar-refractivity contribution in [2.75, 3.05) is 0 Å². The Bertz CT molecular complexity index is 119. The molecule has 1 nitrogen and oxygen atoms in total. The second-order valence-corrected chi connectivity index (χ2v) is 3.16. The van der Waals surface area contributed by atoms with Crippen LogP contribution in [0.2, 0.25) is 0 Å². The predicted octanol–water partition coefficient (Wildman–Crippen LogP) is 2.92. The minimum atomic E-state index is -0.189. The standard InChI is InChI=1S/C11H20O/c1-4-7-10(8-5-2)11(12)9-6-3/h4-5,10-12H,1-2,6-9H2,3H3. The van der Waals surface area contributed by atoms with Crippen molar-refractivity contribution in [3.8, 4) is 0 Å². The molecule has 0 aliphatic carbocycles. The van der Waals surface area contributed by atoms with E-state index in [0.29, 0.717) is 5.92 Å². The van der Waals surface area contributed by atoms with E-state index in [9.17, 15) is 5.11 Å². The maximum absolute atomic E-state index is 9.68. The monoisotopic (exact) mass is 168 g/mol. The highest BCUT2D eigenvalue weighted by molar-refractivity contribution is 4.83. The van der Waals surface area contributed by atoms with Crippen molar-refractivity contribution in [1.29, 1.82) is 0 Å². The summed E-state index contributed by atoms with van der Waals surface area (Å²) in [6.45, 7) is 9.45. The zero-order valence-corrected chi connectivity index (χ0v) is 8.00. The van der Waals surface area contributed by atoms with E-state index >= 15 is 0 Å². The van der Waals surface area contributed by atoms with Crippen molar-refractivity contribution in [2.45, 2.75) is 38.7 Å². The molecule has 1 N–H and O–H groups in total. The van der Waals surface area contributed by atoms with Crippen molar-refractivity contribution in [3.63, 3.8) is 0 Å². The summed E-state index contributed by atoms with van der Waals surface area (Å²) in [7, 11) is 0. The van der Waals surface area contributed by atoms with Crippen molar-refractivity contribution < 1.29 is 5.11 Å². The Kier molecular flexibility index (Phi) is 6.78. The molecule has 0 bridgehead atoms. The first-order valence-corrected chi connectivity index (χ1v) is 4.66. The van der Waals surface area contributed by atoms with E-state index in [1.165, 1.54) is 0 Å². The summed E-state index contributed by atoms with van der Waals surface area (Å²) in [5, 5.41) is 9.68. The third kappa shape index (κ3) is 4.35. The number of hydrogen-bond acceptors (Lipinski definition) is 1. The molecule has 0 aliphatic rings. The van der Waals surface area contributed by atoms with Gasteiger partial charge < -0.3 is 5.11 Å². The average molecular weight is 168 g/mol. The largest absolute Gasteiger partial charge is 0.393 e. The number of hydrogen-bond donors (Lipinski definition) is 1. The summed E-state index contributed by atoms with van der Waals surface area (Å²) in [5.74, 6) is 0.319. The molecule has 12 heavy (non-hydrogen) atoms. The van der Waals surface area contributed by atoms with Gasteiger partial charge in [0.1, 0.15) is 0 Å². The van der Waals surface area contributed by atoms with Crippen molar-refractivity contribution in [1.82, 2.24) is 0 Å². The molecule has 0 rings (SSSR count). The van der Waals surface area contributed by atoms with Crippen LogP contribution in [0.3, 0.4) is 0 Å². The highest BCUT2D eigenvalue weighted by Gasteiger charge is 2.14. The van der Waals surface area contributed by atoms with Gasteiger partial charge >= 0.3 is 0 Å². The van der Waals surface area contributed by atoms with Crippen LogP contribution in [0.5, 0.6) is 0 Å². The zero-order valence-electron chi connectivity index (χ0n) is 8.00. The summed E-state index contributed by atoms with van der Waals surface area (Å²) in [4.78, 5) is 0. The van der Waals surface area contributed by atoms with E-state index in [0.717, 1.165) is 25.7 Å². The maximum Gasteiger partial charge on any atom is 0.0574 e. The summed E-state index contributed by atoms with van der Waals surface area (Å²) in [5.41, 5.74) is 0. The normalized spacial score (nSPS) is 12.9. The molecule has 0 heterocycles. The summed E-state index contributed by atoms with van der Waals surface area (Å²) in [6.07, 6.45) is 7.23. The van der Waals surface area contributed by atoms with Crippen LogP contribution in [0, 0.1) is 5.92 Å². The van der Waals surface area contributed by atoms with E-state index in [1.54, 1.807) is 0 Å². The van der Waals surface area contributed by atoms with Crippen molar-refractivity contribution in [2.24, 2.45) is 5.92 Å². The molecule has 0 aromatic heterocycles. The van der Waals surface area contributed by atoms with Gasteiger partial charge in [-0.1, -0.05) is 25.5 Å². The van der Waals surface area contributed by atoms with Gasteiger partial charge in [0.05, 0.1) is 6.10 Å². The maximum atomic E-state index is 9.68. The zero-order chi connectivity index (χ0) is 9.40. The van der Waals surface area contributed by atoms with E-state index in [-0.39, 0.29) is 6.10 Å². The van der Waals surface area contributed by atoms with Gasteiger partial charge in [0.15, 0.2) is 0 Å². The minimum absolute atomic E-state index is 0.189. The van der Waals surface area contributed by atoms with E-state index in [2.05, 4.69) is 20.1 Å². The molecule has 1 atom stereocenters. The summed E-state index contributed by atoms with van der Waals surface area (Å²) >= 11 is 0. The first-order valence-electron chi connectivity index (χ1n) is 4.66. The van der Waals surface area contributed by atoms with Gasteiger partial charge in [-0.2, -0.15) is 0 Å². The first kappa shape index (κ1) is 11.4. The molecule has 0 aromatic carbocycles. The third-order valence-corrected chi connectivity index (χ3v) is 2.07. The van der Waals surface area contributed by atoms with Gasteiger partial charge in [-0.25, -0.2) is 0 Å². The molecule has 1 heteroatoms. The Morgan fingerprint density at radius 2 is 1.75 bits per heavy atom. The summed E-state index contributed by atoms with van der Waals surface area (Å²) < 4.78 is 0. The predicted molar refractivity (Wildman–Crippen MR) is 54.0 cm³/mol. The Labute approximate surface area is 75.8 Å². The van der Waals surface area contributed by atoms with Gasteiger partial charge in [0.2, 0.25) is 0 Å².